The average Bonchev–Trinajstić information content (AvgIpc) is 3.76. The zero-order chi connectivity index (χ0) is 34.6. The van der Waals surface area contributed by atoms with Crippen molar-refractivity contribution in [3.63, 3.8) is 0 Å². The first-order valence-electron chi connectivity index (χ1n) is 17.1. The highest BCUT2D eigenvalue weighted by molar-refractivity contribution is 7.26. The minimum absolute atomic E-state index is 0.565. The van der Waals surface area contributed by atoms with Crippen molar-refractivity contribution >= 4 is 53.3 Å². The van der Waals surface area contributed by atoms with Crippen molar-refractivity contribution in [2.75, 3.05) is 0 Å². The van der Waals surface area contributed by atoms with Crippen LogP contribution in [0.1, 0.15) is 5.56 Å². The van der Waals surface area contributed by atoms with Gasteiger partial charge in [0.15, 0.2) is 17.5 Å². The second-order valence-electron chi connectivity index (χ2n) is 12.7. The number of para-hydroxylation sites is 1. The number of nitrogens with zero attached hydrogens (tertiary/aromatic N) is 5. The van der Waals surface area contributed by atoms with Crippen LogP contribution in [0, 0.1) is 11.3 Å². The van der Waals surface area contributed by atoms with Gasteiger partial charge in [-0.1, -0.05) is 127 Å². The van der Waals surface area contributed by atoms with E-state index >= 15 is 0 Å². The van der Waals surface area contributed by atoms with Crippen LogP contribution in [-0.2, 0) is 0 Å². The first kappa shape index (κ1) is 29.9. The van der Waals surface area contributed by atoms with Crippen molar-refractivity contribution in [1.82, 2.24) is 19.5 Å². The molecule has 10 aromatic rings. The second kappa shape index (κ2) is 12.1. The first-order valence-corrected chi connectivity index (χ1v) is 17.9. The summed E-state index contributed by atoms with van der Waals surface area (Å²) in [7, 11) is 0. The molecule has 52 heavy (non-hydrogen) atoms. The Balaban J connectivity index is 1.31. The standard InChI is InChI=1S/C46H27N5S/c47-28-29-22-24-35-34-16-7-9-20-39(34)51(41(35)26-29)40-25-23-32(33-18-11-19-37-36-17-8-10-21-42(36)52-43(33)37)27-38(40)46-49-44(30-12-3-1-4-13-30)48-45(50-46)31-14-5-2-6-15-31/h1-27H. The van der Waals surface area contributed by atoms with Gasteiger partial charge in [-0.15, -0.1) is 11.3 Å². The lowest BCUT2D eigenvalue weighted by atomic mass is 9.99. The molecular formula is C46H27N5S. The molecule has 10 rings (SSSR count). The SMILES string of the molecule is N#Cc1ccc2c3ccccc3n(-c3ccc(-c4cccc5c4sc4ccccc45)cc3-c3nc(-c4ccccc4)nc(-c4ccccc4)n3)c2c1. The zero-order valence-corrected chi connectivity index (χ0v) is 28.5. The third kappa shape index (κ3) is 4.87. The Labute approximate surface area is 303 Å². The number of hydrogen-bond acceptors (Lipinski definition) is 5. The maximum Gasteiger partial charge on any atom is 0.166 e. The number of hydrogen-bond donors (Lipinski definition) is 0. The van der Waals surface area contributed by atoms with E-state index in [0.29, 0.717) is 23.0 Å². The van der Waals surface area contributed by atoms with Crippen molar-refractivity contribution in [3.05, 3.63) is 169 Å². The molecule has 242 valence electrons. The topological polar surface area (TPSA) is 67.4 Å². The van der Waals surface area contributed by atoms with Crippen LogP contribution in [0.2, 0.25) is 0 Å². The predicted octanol–water partition coefficient (Wildman–Crippen LogP) is 11.9. The summed E-state index contributed by atoms with van der Waals surface area (Å²) in [6.07, 6.45) is 0. The summed E-state index contributed by atoms with van der Waals surface area (Å²) < 4.78 is 4.75. The fourth-order valence-electron chi connectivity index (χ4n) is 7.28. The van der Waals surface area contributed by atoms with Crippen molar-refractivity contribution in [2.24, 2.45) is 0 Å². The predicted molar refractivity (Wildman–Crippen MR) is 214 cm³/mol. The molecule has 0 bridgehead atoms. The molecule has 0 radical (unpaired) electrons. The van der Waals surface area contributed by atoms with Gasteiger partial charge in [0, 0.05) is 47.6 Å². The molecule has 0 aliphatic carbocycles. The van der Waals surface area contributed by atoms with Gasteiger partial charge < -0.3 is 4.57 Å². The summed E-state index contributed by atoms with van der Waals surface area (Å²) in [5.41, 5.74) is 8.39. The molecule has 6 heteroatoms. The summed E-state index contributed by atoms with van der Waals surface area (Å²) in [4.78, 5) is 15.4. The number of nitriles is 1. The summed E-state index contributed by atoms with van der Waals surface area (Å²) in [5, 5.41) is 14.6. The van der Waals surface area contributed by atoms with Crippen LogP contribution in [0.5, 0.6) is 0 Å². The molecule has 0 aliphatic rings. The molecule has 3 aromatic heterocycles. The van der Waals surface area contributed by atoms with E-state index in [0.717, 1.165) is 55.3 Å². The van der Waals surface area contributed by atoms with Crippen molar-refractivity contribution in [3.8, 4) is 57.0 Å². The van der Waals surface area contributed by atoms with Gasteiger partial charge in [0.1, 0.15) is 0 Å². The van der Waals surface area contributed by atoms with Crippen molar-refractivity contribution < 1.29 is 0 Å². The van der Waals surface area contributed by atoms with E-state index in [9.17, 15) is 5.26 Å². The van der Waals surface area contributed by atoms with Gasteiger partial charge >= 0.3 is 0 Å². The van der Waals surface area contributed by atoms with Gasteiger partial charge in [0.05, 0.1) is 28.4 Å². The molecule has 0 saturated heterocycles. The molecule has 3 heterocycles. The van der Waals surface area contributed by atoms with E-state index in [1.807, 2.05) is 90.2 Å². The average molecular weight is 682 g/mol. The lowest BCUT2D eigenvalue weighted by Gasteiger charge is -2.16. The first-order chi connectivity index (χ1) is 25.7. The Morgan fingerprint density at radius 3 is 1.85 bits per heavy atom. The third-order valence-corrected chi connectivity index (χ3v) is 10.9. The minimum atomic E-state index is 0.565. The van der Waals surface area contributed by atoms with Crippen LogP contribution in [0.4, 0.5) is 0 Å². The van der Waals surface area contributed by atoms with Crippen LogP contribution in [-0.4, -0.2) is 19.5 Å². The van der Waals surface area contributed by atoms with Crippen LogP contribution < -0.4 is 0 Å². The molecular weight excluding hydrogens is 655 g/mol. The molecule has 7 aromatic carbocycles. The summed E-state index contributed by atoms with van der Waals surface area (Å²) in [6, 6.07) is 58.5. The fourth-order valence-corrected chi connectivity index (χ4v) is 8.52. The van der Waals surface area contributed by atoms with Gasteiger partial charge in [-0.2, -0.15) is 5.26 Å². The number of benzene rings is 7. The summed E-state index contributed by atoms with van der Waals surface area (Å²) in [6.45, 7) is 0. The van der Waals surface area contributed by atoms with E-state index in [4.69, 9.17) is 15.0 Å². The van der Waals surface area contributed by atoms with Gasteiger partial charge in [-0.25, -0.2) is 15.0 Å². The molecule has 0 N–H and O–H groups in total. The summed E-state index contributed by atoms with van der Waals surface area (Å²) in [5.74, 6) is 1.76. The van der Waals surface area contributed by atoms with Gasteiger partial charge in [0.2, 0.25) is 0 Å². The maximum atomic E-state index is 9.96. The Kier molecular flexibility index (Phi) is 6.98. The minimum Gasteiger partial charge on any atom is -0.308 e. The Morgan fingerprint density at radius 2 is 1.10 bits per heavy atom. The molecule has 0 saturated carbocycles. The van der Waals surface area contributed by atoms with Crippen molar-refractivity contribution in [1.29, 1.82) is 5.26 Å². The molecule has 0 unspecified atom stereocenters. The third-order valence-electron chi connectivity index (χ3n) is 9.70. The second-order valence-corrected chi connectivity index (χ2v) is 13.8. The quantitative estimate of drug-likeness (QED) is 0.181. The number of aromatic nitrogens is 4. The highest BCUT2D eigenvalue weighted by Gasteiger charge is 2.21. The fraction of sp³-hybridized carbons (Fsp3) is 0. The van der Waals surface area contributed by atoms with Gasteiger partial charge in [0.25, 0.3) is 0 Å². The highest BCUT2D eigenvalue weighted by Crippen LogP contribution is 2.43. The van der Waals surface area contributed by atoms with E-state index in [2.05, 4.69) is 95.6 Å². The lowest BCUT2D eigenvalue weighted by Crippen LogP contribution is -2.04. The number of fused-ring (bicyclic) bond motifs is 6. The Bertz CT molecular complexity index is 2970. The lowest BCUT2D eigenvalue weighted by molar-refractivity contribution is 1.06. The molecule has 0 amide bonds. The normalized spacial score (nSPS) is 11.4. The largest absolute Gasteiger partial charge is 0.308 e. The molecule has 5 nitrogen and oxygen atoms in total. The smallest absolute Gasteiger partial charge is 0.166 e. The van der Waals surface area contributed by atoms with Crippen molar-refractivity contribution in [2.45, 2.75) is 0 Å². The molecule has 0 fully saturated rings. The molecule has 0 aliphatic heterocycles. The van der Waals surface area contributed by atoms with Gasteiger partial charge in [-0.05, 0) is 47.5 Å². The van der Waals surface area contributed by atoms with Crippen LogP contribution in [0.15, 0.2) is 164 Å². The zero-order valence-electron chi connectivity index (χ0n) is 27.7. The maximum absolute atomic E-state index is 9.96. The Hall–Kier alpha value is -6.94. The van der Waals surface area contributed by atoms with Gasteiger partial charge in [-0.3, -0.25) is 0 Å². The monoisotopic (exact) mass is 681 g/mol. The number of rotatable bonds is 5. The highest BCUT2D eigenvalue weighted by atomic mass is 32.1. The van der Waals surface area contributed by atoms with E-state index in [1.54, 1.807) is 0 Å². The summed E-state index contributed by atoms with van der Waals surface area (Å²) >= 11 is 1.82. The van der Waals surface area contributed by atoms with Crippen LogP contribution in [0.25, 0.3) is 93.0 Å². The van der Waals surface area contributed by atoms with Crippen LogP contribution >= 0.6 is 11.3 Å². The molecule has 0 spiro atoms. The van der Waals surface area contributed by atoms with E-state index < -0.39 is 0 Å². The van der Waals surface area contributed by atoms with Crippen LogP contribution in [0.3, 0.4) is 0 Å². The Morgan fingerprint density at radius 1 is 0.462 bits per heavy atom. The van der Waals surface area contributed by atoms with E-state index in [1.165, 1.54) is 20.2 Å². The van der Waals surface area contributed by atoms with E-state index in [-0.39, 0.29) is 0 Å². The number of thiophene rings is 1. The molecule has 0 atom stereocenters.